The maximum atomic E-state index is 12.5. The predicted molar refractivity (Wildman–Crippen MR) is 80.8 cm³/mol. The Morgan fingerprint density at radius 2 is 2.00 bits per heavy atom. The Morgan fingerprint density at radius 1 is 1.33 bits per heavy atom. The van der Waals surface area contributed by atoms with Crippen LogP contribution in [0.15, 0.2) is 23.1 Å². The molecule has 116 valence electrons. The van der Waals surface area contributed by atoms with Gasteiger partial charge in [0.25, 0.3) is 5.91 Å². The first-order valence-electron chi connectivity index (χ1n) is 7.06. The van der Waals surface area contributed by atoms with Gasteiger partial charge in [-0.1, -0.05) is 13.0 Å². The molecule has 1 saturated heterocycles. The molecule has 1 aromatic rings. The molecule has 1 amide bonds. The van der Waals surface area contributed by atoms with Gasteiger partial charge < -0.3 is 10.2 Å². The van der Waals surface area contributed by atoms with E-state index in [0.717, 1.165) is 18.7 Å². The summed E-state index contributed by atoms with van der Waals surface area (Å²) in [5.41, 5.74) is 1.24. The average molecular weight is 311 g/mol. The average Bonchev–Trinajstić information content (AvgIpc) is 2.47. The number of sulfonamides is 1. The van der Waals surface area contributed by atoms with Gasteiger partial charge in [-0.3, -0.25) is 4.79 Å². The molecule has 0 saturated carbocycles. The fourth-order valence-corrected chi connectivity index (χ4v) is 3.38. The minimum Gasteiger partial charge on any atom is -0.336 e. The van der Waals surface area contributed by atoms with Crippen LogP contribution in [-0.2, 0) is 10.0 Å². The number of nitrogens with one attached hydrogen (secondary N) is 2. The zero-order valence-electron chi connectivity index (χ0n) is 12.3. The molecule has 0 aromatic heterocycles. The summed E-state index contributed by atoms with van der Waals surface area (Å²) in [4.78, 5) is 14.4. The Balaban J connectivity index is 2.33. The molecular weight excluding hydrogens is 290 g/mol. The number of amides is 1. The van der Waals surface area contributed by atoms with Crippen molar-refractivity contribution in [2.45, 2.75) is 18.7 Å². The van der Waals surface area contributed by atoms with Gasteiger partial charge in [-0.05, 0) is 24.6 Å². The van der Waals surface area contributed by atoms with Gasteiger partial charge in [0.05, 0.1) is 4.90 Å². The molecule has 1 aliphatic heterocycles. The lowest BCUT2D eigenvalue weighted by Gasteiger charge is -2.28. The number of rotatable bonds is 4. The number of hydrogen-bond donors (Lipinski definition) is 2. The van der Waals surface area contributed by atoms with Gasteiger partial charge in [-0.15, -0.1) is 0 Å². The van der Waals surface area contributed by atoms with E-state index in [1.807, 2.05) is 6.92 Å². The minimum atomic E-state index is -3.55. The van der Waals surface area contributed by atoms with E-state index in [1.165, 1.54) is 12.1 Å². The lowest BCUT2D eigenvalue weighted by atomic mass is 10.1. The smallest absolute Gasteiger partial charge is 0.254 e. The monoisotopic (exact) mass is 311 g/mol. The van der Waals surface area contributed by atoms with Gasteiger partial charge in [0, 0.05) is 38.3 Å². The number of piperazine rings is 1. The fourth-order valence-electron chi connectivity index (χ4n) is 2.31. The summed E-state index contributed by atoms with van der Waals surface area (Å²) in [7, 11) is -3.55. The first-order valence-corrected chi connectivity index (χ1v) is 8.54. The predicted octanol–water partition coefficient (Wildman–Crippen LogP) is 0.339. The van der Waals surface area contributed by atoms with Gasteiger partial charge in [-0.25, -0.2) is 13.1 Å². The van der Waals surface area contributed by atoms with Crippen molar-refractivity contribution >= 4 is 15.9 Å². The zero-order chi connectivity index (χ0) is 15.5. The largest absolute Gasteiger partial charge is 0.336 e. The van der Waals surface area contributed by atoms with E-state index >= 15 is 0 Å². The van der Waals surface area contributed by atoms with E-state index in [4.69, 9.17) is 0 Å². The highest BCUT2D eigenvalue weighted by Crippen LogP contribution is 2.17. The van der Waals surface area contributed by atoms with Crippen LogP contribution in [0.2, 0.25) is 0 Å². The highest BCUT2D eigenvalue weighted by atomic mass is 32.2. The van der Waals surface area contributed by atoms with Crippen molar-refractivity contribution in [3.05, 3.63) is 29.3 Å². The molecule has 0 atom stereocenters. The minimum absolute atomic E-state index is 0.109. The SMILES string of the molecule is CCNS(=O)(=O)c1ccc(C)c(C(=O)N2CCNCC2)c1. The van der Waals surface area contributed by atoms with E-state index in [0.29, 0.717) is 25.2 Å². The molecule has 0 spiro atoms. The van der Waals surface area contributed by atoms with Gasteiger partial charge in [-0.2, -0.15) is 0 Å². The lowest BCUT2D eigenvalue weighted by Crippen LogP contribution is -2.46. The van der Waals surface area contributed by atoms with Gasteiger partial charge >= 0.3 is 0 Å². The van der Waals surface area contributed by atoms with E-state index < -0.39 is 10.0 Å². The van der Waals surface area contributed by atoms with Crippen LogP contribution in [0.25, 0.3) is 0 Å². The van der Waals surface area contributed by atoms with E-state index in [9.17, 15) is 13.2 Å². The van der Waals surface area contributed by atoms with Crippen molar-refractivity contribution in [1.82, 2.24) is 14.9 Å². The fraction of sp³-hybridized carbons (Fsp3) is 0.500. The summed E-state index contributed by atoms with van der Waals surface area (Å²) in [5.74, 6) is -0.109. The molecule has 2 rings (SSSR count). The van der Waals surface area contributed by atoms with Crippen LogP contribution in [0.5, 0.6) is 0 Å². The number of hydrogen-bond acceptors (Lipinski definition) is 4. The standard InChI is InChI=1S/C14H21N3O3S/c1-3-16-21(19,20)12-5-4-11(2)13(10-12)14(18)17-8-6-15-7-9-17/h4-5,10,15-16H,3,6-9H2,1-2H3. The third-order valence-electron chi connectivity index (χ3n) is 3.49. The third-order valence-corrected chi connectivity index (χ3v) is 5.03. The highest BCUT2D eigenvalue weighted by molar-refractivity contribution is 7.89. The van der Waals surface area contributed by atoms with Crippen LogP contribution >= 0.6 is 0 Å². The van der Waals surface area contributed by atoms with Crippen LogP contribution in [0, 0.1) is 6.92 Å². The second kappa shape index (κ2) is 6.55. The molecule has 1 heterocycles. The summed E-state index contributed by atoms with van der Waals surface area (Å²) < 4.78 is 26.5. The van der Waals surface area contributed by atoms with E-state index in [1.54, 1.807) is 17.9 Å². The summed E-state index contributed by atoms with van der Waals surface area (Å²) in [6.07, 6.45) is 0. The number of carbonyl (C=O) groups excluding carboxylic acids is 1. The Labute approximate surface area is 125 Å². The molecule has 0 aliphatic carbocycles. The third kappa shape index (κ3) is 3.61. The number of benzene rings is 1. The molecular formula is C14H21N3O3S. The van der Waals surface area contributed by atoms with Crippen molar-refractivity contribution in [1.29, 1.82) is 0 Å². The molecule has 0 bridgehead atoms. The molecule has 1 aliphatic rings. The highest BCUT2D eigenvalue weighted by Gasteiger charge is 2.22. The zero-order valence-corrected chi connectivity index (χ0v) is 13.2. The summed E-state index contributed by atoms with van der Waals surface area (Å²) in [5, 5.41) is 3.19. The van der Waals surface area contributed by atoms with Crippen molar-refractivity contribution < 1.29 is 13.2 Å². The van der Waals surface area contributed by atoms with Crippen molar-refractivity contribution in [2.75, 3.05) is 32.7 Å². The maximum Gasteiger partial charge on any atom is 0.254 e. The molecule has 21 heavy (non-hydrogen) atoms. The van der Waals surface area contributed by atoms with Crippen LogP contribution in [0.3, 0.4) is 0 Å². The first kappa shape index (κ1) is 15.9. The molecule has 2 N–H and O–H groups in total. The Hall–Kier alpha value is -1.44. The topological polar surface area (TPSA) is 78.5 Å². The molecule has 1 fully saturated rings. The number of nitrogens with zero attached hydrogens (tertiary/aromatic N) is 1. The normalized spacial score (nSPS) is 16.0. The van der Waals surface area contributed by atoms with Crippen LogP contribution in [0.4, 0.5) is 0 Å². The van der Waals surface area contributed by atoms with Gasteiger partial charge in [0.1, 0.15) is 0 Å². The molecule has 1 aromatic carbocycles. The van der Waals surface area contributed by atoms with Crippen molar-refractivity contribution in [2.24, 2.45) is 0 Å². The summed E-state index contributed by atoms with van der Waals surface area (Å²) in [6, 6.07) is 4.68. The Morgan fingerprint density at radius 3 is 2.62 bits per heavy atom. The maximum absolute atomic E-state index is 12.5. The van der Waals surface area contributed by atoms with Crippen LogP contribution in [-0.4, -0.2) is 51.9 Å². The lowest BCUT2D eigenvalue weighted by molar-refractivity contribution is 0.0735. The molecule has 6 nitrogen and oxygen atoms in total. The molecule has 0 radical (unpaired) electrons. The molecule has 0 unspecified atom stereocenters. The molecule has 7 heteroatoms. The van der Waals surface area contributed by atoms with Crippen LogP contribution < -0.4 is 10.0 Å². The summed E-state index contributed by atoms with van der Waals surface area (Å²) >= 11 is 0. The Kier molecular flexibility index (Phi) is 4.97. The first-order chi connectivity index (χ1) is 9.95. The van der Waals surface area contributed by atoms with Gasteiger partial charge in [0.2, 0.25) is 10.0 Å². The summed E-state index contributed by atoms with van der Waals surface area (Å²) in [6.45, 7) is 6.67. The Bertz CT molecular complexity index is 622. The van der Waals surface area contributed by atoms with E-state index in [-0.39, 0.29) is 10.8 Å². The quantitative estimate of drug-likeness (QED) is 0.840. The second-order valence-corrected chi connectivity index (χ2v) is 6.79. The van der Waals surface area contributed by atoms with Crippen molar-refractivity contribution in [3.8, 4) is 0 Å². The van der Waals surface area contributed by atoms with E-state index in [2.05, 4.69) is 10.0 Å². The van der Waals surface area contributed by atoms with Crippen molar-refractivity contribution in [3.63, 3.8) is 0 Å². The van der Waals surface area contributed by atoms with Gasteiger partial charge in [0.15, 0.2) is 0 Å². The van der Waals surface area contributed by atoms with Crippen LogP contribution in [0.1, 0.15) is 22.8 Å². The number of aryl methyl sites for hydroxylation is 1. The second-order valence-electron chi connectivity index (χ2n) is 5.02. The number of carbonyl (C=O) groups is 1.